The van der Waals surface area contributed by atoms with E-state index >= 15 is 0 Å². The summed E-state index contributed by atoms with van der Waals surface area (Å²) in [5.74, 6) is -2.88. The fourth-order valence-electron chi connectivity index (χ4n) is 1.57. The summed E-state index contributed by atoms with van der Waals surface area (Å²) >= 11 is 0. The van der Waals surface area contributed by atoms with E-state index in [0.29, 0.717) is 0 Å². The third kappa shape index (κ3) is 4.40. The maximum Gasteiger partial charge on any atom is 0.516 e. The van der Waals surface area contributed by atoms with E-state index in [0.717, 1.165) is 4.72 Å². The number of hydrogen-bond acceptors (Lipinski definition) is 5. The van der Waals surface area contributed by atoms with Crippen LogP contribution in [-0.4, -0.2) is 33.7 Å². The number of rotatable bonds is 3. The van der Waals surface area contributed by atoms with E-state index in [1.807, 2.05) is 0 Å². The van der Waals surface area contributed by atoms with Crippen molar-refractivity contribution in [2.24, 2.45) is 0 Å². The monoisotopic (exact) mass is 429 g/mol. The summed E-state index contributed by atoms with van der Waals surface area (Å²) in [5, 5.41) is 2.82. The van der Waals surface area contributed by atoms with Gasteiger partial charge < -0.3 is 0 Å². The molecule has 0 aromatic carbocycles. The molecule has 27 heavy (non-hydrogen) atoms. The molecule has 0 atom stereocenters. The average Bonchev–Trinajstić information content (AvgIpc) is 2.94. The average molecular weight is 429 g/mol. The van der Waals surface area contributed by atoms with Gasteiger partial charge in [-0.25, -0.2) is 9.97 Å². The lowest BCUT2D eigenvalue weighted by molar-refractivity contribution is -0.144. The van der Waals surface area contributed by atoms with Gasteiger partial charge in [-0.1, -0.05) is 0 Å². The Hall–Kier alpha value is -2.59. The van der Waals surface area contributed by atoms with Gasteiger partial charge in [0.15, 0.2) is 5.82 Å². The molecule has 150 valence electrons. The summed E-state index contributed by atoms with van der Waals surface area (Å²) in [4.78, 5) is 5.84. The zero-order valence-electron chi connectivity index (χ0n) is 12.1. The van der Waals surface area contributed by atoms with Crippen molar-refractivity contribution in [2.75, 3.05) is 4.72 Å². The maximum atomic E-state index is 12.7. The number of halogens is 9. The molecule has 0 saturated heterocycles. The summed E-state index contributed by atoms with van der Waals surface area (Å²) in [7, 11) is -6.21. The first-order chi connectivity index (χ1) is 12.0. The highest BCUT2D eigenvalue weighted by atomic mass is 32.2. The Bertz CT molecular complexity index is 945. The van der Waals surface area contributed by atoms with Crippen molar-refractivity contribution >= 4 is 15.7 Å². The highest BCUT2D eigenvalue weighted by Crippen LogP contribution is 2.34. The molecule has 0 spiro atoms. The topological polar surface area (TPSA) is 89.8 Å². The number of aromatic nitrogens is 4. The lowest BCUT2D eigenvalue weighted by atomic mass is 10.2. The van der Waals surface area contributed by atoms with Crippen LogP contribution in [0.2, 0.25) is 0 Å². The number of nitrogens with one attached hydrogen (secondary N) is 1. The van der Waals surface area contributed by atoms with Crippen molar-refractivity contribution in [2.45, 2.75) is 17.9 Å². The van der Waals surface area contributed by atoms with Crippen LogP contribution in [0.1, 0.15) is 11.4 Å². The normalized spacial score (nSPS) is 13.7. The quantitative estimate of drug-likeness (QED) is 0.758. The van der Waals surface area contributed by atoms with Gasteiger partial charge in [0, 0.05) is 6.20 Å². The van der Waals surface area contributed by atoms with Gasteiger partial charge in [-0.15, -0.1) is 5.10 Å². The van der Waals surface area contributed by atoms with Gasteiger partial charge in [0.1, 0.15) is 6.33 Å². The van der Waals surface area contributed by atoms with Crippen LogP contribution in [0.5, 0.6) is 0 Å². The minimum atomic E-state index is -6.21. The fourth-order valence-corrected chi connectivity index (χ4v) is 2.12. The molecule has 7 nitrogen and oxygen atoms in total. The van der Waals surface area contributed by atoms with Crippen molar-refractivity contribution in [1.29, 1.82) is 0 Å². The molecule has 0 aliphatic carbocycles. The summed E-state index contributed by atoms with van der Waals surface area (Å²) in [6.45, 7) is 0. The first kappa shape index (κ1) is 20.7. The highest BCUT2D eigenvalue weighted by molar-refractivity contribution is 7.93. The number of alkyl halides is 9. The molecule has 0 unspecified atom stereocenters. The summed E-state index contributed by atoms with van der Waals surface area (Å²) in [5.41, 5.74) is -9.00. The zero-order chi connectivity index (χ0) is 20.8. The lowest BCUT2D eigenvalue weighted by Gasteiger charge is -2.15. The van der Waals surface area contributed by atoms with Gasteiger partial charge in [-0.3, -0.25) is 4.72 Å². The Morgan fingerprint density at radius 2 is 1.52 bits per heavy atom. The molecule has 2 rings (SSSR count). The SMILES string of the molecule is O=S(=O)(Nc1cc(C(F)(F)F)cnc1-n1cnc(C(F)(F)F)n1)C(F)(F)F. The molecular formula is C10H4F9N5O2S. The molecule has 0 amide bonds. The molecule has 0 saturated carbocycles. The van der Waals surface area contributed by atoms with Gasteiger partial charge in [0.05, 0.1) is 11.3 Å². The maximum absolute atomic E-state index is 12.7. The Labute approximate surface area is 142 Å². The summed E-state index contributed by atoms with van der Waals surface area (Å²) in [6.07, 6.45) is -9.87. The molecule has 0 bridgehead atoms. The molecule has 17 heteroatoms. The van der Waals surface area contributed by atoms with E-state index in [4.69, 9.17) is 0 Å². The van der Waals surface area contributed by atoms with Crippen LogP contribution in [0, 0.1) is 0 Å². The van der Waals surface area contributed by atoms with Crippen LogP contribution in [-0.2, 0) is 22.4 Å². The van der Waals surface area contributed by atoms with Crippen LogP contribution >= 0.6 is 0 Å². The number of anilines is 1. The Kier molecular flexibility index (Phi) is 4.79. The van der Waals surface area contributed by atoms with Crippen molar-refractivity contribution in [3.63, 3.8) is 0 Å². The van der Waals surface area contributed by atoms with Crippen LogP contribution in [0.3, 0.4) is 0 Å². The lowest BCUT2D eigenvalue weighted by Crippen LogP contribution is -2.30. The van der Waals surface area contributed by atoms with Crippen molar-refractivity contribution in [1.82, 2.24) is 19.7 Å². The minimum Gasteiger partial charge on any atom is -0.272 e. The number of hydrogen-bond donors (Lipinski definition) is 1. The Balaban J connectivity index is 2.62. The standard InChI is InChI=1S/C10H4F9N5O2S/c11-8(12,13)4-1-5(23-27(25,26)10(17,18)19)6(20-2-4)24-3-21-7(22-24)9(14,15)16/h1-3,23H. The Morgan fingerprint density at radius 3 is 1.96 bits per heavy atom. The van der Waals surface area contributed by atoms with E-state index in [1.54, 1.807) is 0 Å². The second kappa shape index (κ2) is 6.24. The van der Waals surface area contributed by atoms with Crippen LogP contribution in [0.4, 0.5) is 45.2 Å². The van der Waals surface area contributed by atoms with Gasteiger partial charge in [0.2, 0.25) is 0 Å². The second-order valence-electron chi connectivity index (χ2n) is 4.65. The molecule has 0 aliphatic heterocycles. The number of pyridine rings is 1. The molecule has 1 N–H and O–H groups in total. The minimum absolute atomic E-state index is 0.0651. The highest BCUT2D eigenvalue weighted by Gasteiger charge is 2.47. The van der Waals surface area contributed by atoms with Gasteiger partial charge in [-0.05, 0) is 6.07 Å². The van der Waals surface area contributed by atoms with Crippen molar-refractivity contribution in [3.8, 4) is 5.82 Å². The first-order valence-electron chi connectivity index (χ1n) is 6.18. The summed E-state index contributed by atoms with van der Waals surface area (Å²) in [6, 6.07) is -0.0828. The predicted octanol–water partition coefficient (Wildman–Crippen LogP) is 2.96. The largest absolute Gasteiger partial charge is 0.516 e. The summed E-state index contributed by atoms with van der Waals surface area (Å²) < 4.78 is 136. The molecule has 2 aromatic heterocycles. The van der Waals surface area contributed by atoms with Gasteiger partial charge >= 0.3 is 27.9 Å². The van der Waals surface area contributed by atoms with Crippen molar-refractivity contribution < 1.29 is 47.9 Å². The third-order valence-corrected chi connectivity index (χ3v) is 3.80. The van der Waals surface area contributed by atoms with E-state index < -0.39 is 50.8 Å². The van der Waals surface area contributed by atoms with E-state index in [1.165, 1.54) is 0 Å². The van der Waals surface area contributed by atoms with Crippen LogP contribution in [0.25, 0.3) is 5.82 Å². The number of sulfonamides is 1. The molecule has 0 aliphatic rings. The van der Waals surface area contributed by atoms with Gasteiger partial charge in [-0.2, -0.15) is 52.6 Å². The second-order valence-corrected chi connectivity index (χ2v) is 6.33. The van der Waals surface area contributed by atoms with E-state index in [-0.39, 0.29) is 23.3 Å². The zero-order valence-corrected chi connectivity index (χ0v) is 13.0. The molecule has 2 heterocycles. The van der Waals surface area contributed by atoms with Crippen LogP contribution < -0.4 is 4.72 Å². The predicted molar refractivity (Wildman–Crippen MR) is 67.8 cm³/mol. The number of nitrogens with zero attached hydrogens (tertiary/aromatic N) is 4. The Morgan fingerprint density at radius 1 is 0.926 bits per heavy atom. The molecular weight excluding hydrogens is 425 g/mol. The van der Waals surface area contributed by atoms with E-state index in [2.05, 4.69) is 15.1 Å². The molecule has 2 aromatic rings. The van der Waals surface area contributed by atoms with Crippen molar-refractivity contribution in [3.05, 3.63) is 30.0 Å². The van der Waals surface area contributed by atoms with E-state index in [9.17, 15) is 47.9 Å². The smallest absolute Gasteiger partial charge is 0.272 e. The molecule has 0 fully saturated rings. The molecule has 0 radical (unpaired) electrons. The van der Waals surface area contributed by atoms with Gasteiger partial charge in [0.25, 0.3) is 5.82 Å². The van der Waals surface area contributed by atoms with Crippen LogP contribution in [0.15, 0.2) is 18.6 Å². The third-order valence-electron chi connectivity index (χ3n) is 2.71. The fraction of sp³-hybridized carbons (Fsp3) is 0.300. The first-order valence-corrected chi connectivity index (χ1v) is 7.66.